The Morgan fingerprint density at radius 1 is 0.246 bits per heavy atom. The SMILES string of the molecule is c1ccc(-c2cccc(-c3cccc(N(c4ccc(-c5cccc(-c6ccc7c(c6)oc6ccccc67)c5)cc4)c4ccc(-c5cccc(-n6c7ccccc7c7ccccc76)c5)cc4)c3)c2)cc1. The number of furan rings is 1. The summed E-state index contributed by atoms with van der Waals surface area (Å²) in [6.07, 6.45) is 0. The summed E-state index contributed by atoms with van der Waals surface area (Å²) in [7, 11) is 0. The highest BCUT2D eigenvalue weighted by molar-refractivity contribution is 6.09. The Bertz CT molecular complexity index is 3960. The highest BCUT2D eigenvalue weighted by Crippen LogP contribution is 2.41. The predicted octanol–water partition coefficient (Wildman–Crippen LogP) is 18.5. The smallest absolute Gasteiger partial charge is 0.136 e. The monoisotopic (exact) mass is 880 g/mol. The maximum atomic E-state index is 6.26. The summed E-state index contributed by atoms with van der Waals surface area (Å²) >= 11 is 0. The minimum Gasteiger partial charge on any atom is -0.456 e. The number of nitrogens with zero attached hydrogens (tertiary/aromatic N) is 2. The summed E-state index contributed by atoms with van der Waals surface area (Å²) in [5.74, 6) is 0. The predicted molar refractivity (Wildman–Crippen MR) is 290 cm³/mol. The first-order valence-corrected chi connectivity index (χ1v) is 23.6. The number of rotatable bonds is 9. The van der Waals surface area contributed by atoms with Gasteiger partial charge in [-0.3, -0.25) is 0 Å². The highest BCUT2D eigenvalue weighted by Gasteiger charge is 2.17. The van der Waals surface area contributed by atoms with Crippen molar-refractivity contribution in [3.63, 3.8) is 0 Å². The first-order chi connectivity index (χ1) is 34.2. The Hall–Kier alpha value is -9.18. The van der Waals surface area contributed by atoms with Crippen molar-refractivity contribution in [2.45, 2.75) is 0 Å². The fraction of sp³-hybridized carbons (Fsp3) is 0. The molecule has 13 aromatic rings. The normalized spacial score (nSPS) is 11.5. The van der Waals surface area contributed by atoms with Crippen LogP contribution in [0.5, 0.6) is 0 Å². The number of benzene rings is 11. The van der Waals surface area contributed by atoms with Crippen LogP contribution >= 0.6 is 0 Å². The van der Waals surface area contributed by atoms with Crippen molar-refractivity contribution in [2.75, 3.05) is 4.90 Å². The van der Waals surface area contributed by atoms with Gasteiger partial charge in [0, 0.05) is 44.3 Å². The van der Waals surface area contributed by atoms with Gasteiger partial charge in [-0.1, -0.05) is 176 Å². The van der Waals surface area contributed by atoms with Gasteiger partial charge in [0.15, 0.2) is 0 Å². The van der Waals surface area contributed by atoms with Crippen LogP contribution < -0.4 is 4.90 Å². The number of aromatic nitrogens is 1. The minimum absolute atomic E-state index is 0.900. The van der Waals surface area contributed by atoms with E-state index in [1.54, 1.807) is 0 Å². The zero-order valence-corrected chi connectivity index (χ0v) is 37.7. The summed E-state index contributed by atoms with van der Waals surface area (Å²) in [6.45, 7) is 0. The van der Waals surface area contributed by atoms with E-state index in [1.807, 2.05) is 12.1 Å². The Kier molecular flexibility index (Phi) is 9.84. The lowest BCUT2D eigenvalue weighted by Gasteiger charge is -2.26. The average molecular weight is 881 g/mol. The van der Waals surface area contributed by atoms with Gasteiger partial charge in [0.1, 0.15) is 11.2 Å². The van der Waals surface area contributed by atoms with Gasteiger partial charge in [0.25, 0.3) is 0 Å². The third-order valence-corrected chi connectivity index (χ3v) is 13.6. The van der Waals surface area contributed by atoms with E-state index in [2.05, 4.69) is 264 Å². The quantitative estimate of drug-likeness (QED) is 0.144. The van der Waals surface area contributed by atoms with E-state index in [9.17, 15) is 0 Å². The Labute approximate surface area is 401 Å². The van der Waals surface area contributed by atoms with Gasteiger partial charge < -0.3 is 13.9 Å². The van der Waals surface area contributed by atoms with Gasteiger partial charge in [0.05, 0.1) is 11.0 Å². The summed E-state index contributed by atoms with van der Waals surface area (Å²) in [5, 5.41) is 4.80. The van der Waals surface area contributed by atoms with Crippen LogP contribution in [-0.4, -0.2) is 4.57 Å². The maximum Gasteiger partial charge on any atom is 0.136 e. The zero-order valence-electron chi connectivity index (χ0n) is 37.7. The van der Waals surface area contributed by atoms with E-state index < -0.39 is 0 Å². The highest BCUT2D eigenvalue weighted by atomic mass is 16.3. The molecule has 11 aromatic carbocycles. The molecule has 0 fully saturated rings. The van der Waals surface area contributed by atoms with Crippen LogP contribution in [0.1, 0.15) is 0 Å². The van der Waals surface area contributed by atoms with Gasteiger partial charge in [-0.05, 0) is 147 Å². The molecule has 0 unspecified atom stereocenters. The number of fused-ring (bicyclic) bond motifs is 6. The van der Waals surface area contributed by atoms with E-state index in [1.165, 1.54) is 38.5 Å². The molecular formula is C66H44N2O. The van der Waals surface area contributed by atoms with Crippen LogP contribution in [-0.2, 0) is 0 Å². The average Bonchev–Trinajstić information content (AvgIpc) is 3.97. The molecule has 0 spiro atoms. The molecule has 0 radical (unpaired) electrons. The van der Waals surface area contributed by atoms with Crippen molar-refractivity contribution in [1.82, 2.24) is 4.57 Å². The van der Waals surface area contributed by atoms with E-state index in [0.29, 0.717) is 0 Å². The van der Waals surface area contributed by atoms with Gasteiger partial charge in [-0.15, -0.1) is 0 Å². The molecule has 3 nitrogen and oxygen atoms in total. The second-order valence-corrected chi connectivity index (χ2v) is 17.7. The van der Waals surface area contributed by atoms with Crippen LogP contribution in [0.3, 0.4) is 0 Å². The standard InChI is InChI=1S/C66H44N2O/c1-2-14-45(15-3-1)48-16-10-18-50(40-48)53-21-13-22-57(43-53)67(55-35-30-46(31-36-55)49-17-11-19-51(41-49)54-34-39-62-61-26-6-9-29-65(61)69-66(62)44-54)56-37-32-47(33-38-56)52-20-12-23-58(42-52)68-63-27-7-4-24-59(63)60-25-5-8-28-64(60)68/h1-44H. The summed E-state index contributed by atoms with van der Waals surface area (Å²) < 4.78 is 8.64. The lowest BCUT2D eigenvalue weighted by Crippen LogP contribution is -2.10. The van der Waals surface area contributed by atoms with Crippen molar-refractivity contribution in [2.24, 2.45) is 0 Å². The lowest BCUT2D eigenvalue weighted by molar-refractivity contribution is 0.669. The molecule has 0 saturated carbocycles. The molecule has 0 aliphatic heterocycles. The first kappa shape index (κ1) is 40.1. The molecule has 0 amide bonds. The molecule has 0 aliphatic carbocycles. The van der Waals surface area contributed by atoms with Crippen LogP contribution in [0.2, 0.25) is 0 Å². The van der Waals surface area contributed by atoms with Crippen molar-refractivity contribution >= 4 is 60.8 Å². The second-order valence-electron chi connectivity index (χ2n) is 17.7. The molecule has 69 heavy (non-hydrogen) atoms. The van der Waals surface area contributed by atoms with Crippen LogP contribution in [0.25, 0.3) is 105 Å². The van der Waals surface area contributed by atoms with E-state index in [0.717, 1.165) is 83.6 Å². The second kappa shape index (κ2) is 16.9. The van der Waals surface area contributed by atoms with E-state index in [4.69, 9.17) is 4.42 Å². The van der Waals surface area contributed by atoms with Crippen LogP contribution in [0.15, 0.2) is 271 Å². The number of hydrogen-bond acceptors (Lipinski definition) is 2. The molecule has 324 valence electrons. The molecular weight excluding hydrogens is 837 g/mol. The number of anilines is 3. The van der Waals surface area contributed by atoms with Crippen LogP contribution in [0.4, 0.5) is 17.1 Å². The Morgan fingerprint density at radius 2 is 0.667 bits per heavy atom. The van der Waals surface area contributed by atoms with E-state index in [-0.39, 0.29) is 0 Å². The van der Waals surface area contributed by atoms with Gasteiger partial charge in [0.2, 0.25) is 0 Å². The third kappa shape index (κ3) is 7.34. The maximum absolute atomic E-state index is 6.26. The Morgan fingerprint density at radius 3 is 1.29 bits per heavy atom. The van der Waals surface area contributed by atoms with Crippen LogP contribution in [0, 0.1) is 0 Å². The van der Waals surface area contributed by atoms with Crippen molar-refractivity contribution in [3.8, 4) is 61.3 Å². The molecule has 0 saturated heterocycles. The number of para-hydroxylation sites is 3. The van der Waals surface area contributed by atoms with Gasteiger partial charge in [-0.2, -0.15) is 0 Å². The largest absolute Gasteiger partial charge is 0.456 e. The zero-order chi connectivity index (χ0) is 45.7. The fourth-order valence-electron chi connectivity index (χ4n) is 10.2. The minimum atomic E-state index is 0.900. The van der Waals surface area contributed by atoms with Crippen molar-refractivity contribution in [3.05, 3.63) is 267 Å². The third-order valence-electron chi connectivity index (χ3n) is 13.6. The number of hydrogen-bond donors (Lipinski definition) is 0. The lowest BCUT2D eigenvalue weighted by atomic mass is 9.97. The molecule has 0 N–H and O–H groups in total. The summed E-state index contributed by atoms with van der Waals surface area (Å²) in [6, 6.07) is 96.2. The van der Waals surface area contributed by atoms with Crippen molar-refractivity contribution < 1.29 is 4.42 Å². The molecule has 0 aliphatic rings. The molecule has 0 bridgehead atoms. The molecule has 0 atom stereocenters. The molecule has 3 heteroatoms. The first-order valence-electron chi connectivity index (χ1n) is 23.6. The van der Waals surface area contributed by atoms with E-state index >= 15 is 0 Å². The summed E-state index contributed by atoms with van der Waals surface area (Å²) in [5.41, 5.74) is 20.2. The topological polar surface area (TPSA) is 21.3 Å². The van der Waals surface area contributed by atoms with Gasteiger partial charge >= 0.3 is 0 Å². The molecule has 2 aromatic heterocycles. The fourth-order valence-corrected chi connectivity index (χ4v) is 10.2. The summed E-state index contributed by atoms with van der Waals surface area (Å²) in [4.78, 5) is 2.37. The molecule has 2 heterocycles. The molecule has 13 rings (SSSR count). The Balaban J connectivity index is 0.864. The van der Waals surface area contributed by atoms with Gasteiger partial charge in [-0.25, -0.2) is 0 Å². The van der Waals surface area contributed by atoms with Crippen molar-refractivity contribution in [1.29, 1.82) is 0 Å².